The fourth-order valence-corrected chi connectivity index (χ4v) is 1.50. The molecule has 0 saturated heterocycles. The zero-order valence-corrected chi connectivity index (χ0v) is 7.40. The van der Waals surface area contributed by atoms with E-state index in [1.165, 1.54) is 0 Å². The molecule has 0 atom stereocenters. The van der Waals surface area contributed by atoms with Crippen LogP contribution in [-0.4, -0.2) is 11.5 Å². The van der Waals surface area contributed by atoms with Gasteiger partial charge in [-0.15, -0.1) is 0 Å². The minimum absolute atomic E-state index is 0.174. The fourth-order valence-electron chi connectivity index (χ4n) is 1.50. The highest BCUT2D eigenvalue weighted by Crippen LogP contribution is 2.30. The quantitative estimate of drug-likeness (QED) is 0.707. The molecule has 2 aromatic carbocycles. The lowest BCUT2D eigenvalue weighted by Gasteiger charge is -2.06. The van der Waals surface area contributed by atoms with Crippen LogP contribution in [0.2, 0.25) is 0 Å². The number of hydrogen-bond acceptors (Lipinski definition) is 2. The Morgan fingerprint density at radius 3 is 2.57 bits per heavy atom. The highest BCUT2D eigenvalue weighted by atomic mass is 16.3. The molecule has 0 unspecified atom stereocenters. The Hall–Kier alpha value is -2.03. The normalized spacial score (nSPS) is 10.0. The zero-order valence-electron chi connectivity index (χ0n) is 7.40. The van der Waals surface area contributed by atoms with Crippen LogP contribution in [0.25, 0.3) is 10.8 Å². The molecule has 0 saturated carbocycles. The van der Waals surface area contributed by atoms with Crippen molar-refractivity contribution in [2.24, 2.45) is 0 Å². The molecule has 0 radical (unpaired) electrons. The Morgan fingerprint density at radius 1 is 1.14 bits per heavy atom. The Bertz CT molecular complexity index is 474. The van der Waals surface area contributed by atoms with Crippen LogP contribution < -0.4 is 5.32 Å². The number of carbonyl (C=O) groups is 1. The van der Waals surface area contributed by atoms with Gasteiger partial charge in [0, 0.05) is 5.39 Å². The maximum atomic E-state index is 10.3. The van der Waals surface area contributed by atoms with Crippen molar-refractivity contribution in [2.45, 2.75) is 0 Å². The van der Waals surface area contributed by atoms with Gasteiger partial charge in [0.1, 0.15) is 5.75 Å². The number of fused-ring (bicyclic) bond motifs is 1. The molecule has 0 aliphatic carbocycles. The number of anilines is 1. The molecule has 0 aromatic heterocycles. The van der Waals surface area contributed by atoms with E-state index >= 15 is 0 Å². The molecule has 0 spiro atoms. The summed E-state index contributed by atoms with van der Waals surface area (Å²) in [5, 5.41) is 13.7. The summed E-state index contributed by atoms with van der Waals surface area (Å²) in [4.78, 5) is 10.3. The van der Waals surface area contributed by atoms with Crippen LogP contribution in [0.5, 0.6) is 5.75 Å². The van der Waals surface area contributed by atoms with Crippen molar-refractivity contribution in [3.63, 3.8) is 0 Å². The Balaban J connectivity index is 2.77. The summed E-state index contributed by atoms with van der Waals surface area (Å²) in [7, 11) is 0. The third kappa shape index (κ3) is 1.29. The lowest BCUT2D eigenvalue weighted by Crippen LogP contribution is -1.94. The predicted molar refractivity (Wildman–Crippen MR) is 55.3 cm³/mol. The average Bonchev–Trinajstić information content (AvgIpc) is 2.19. The lowest BCUT2D eigenvalue weighted by atomic mass is 10.1. The largest absolute Gasteiger partial charge is 0.507 e. The first-order valence-corrected chi connectivity index (χ1v) is 4.24. The zero-order chi connectivity index (χ0) is 9.97. The standard InChI is InChI=1S/C11H9NO2/c13-7-12-9-5-1-3-8-4-2-6-10(14)11(8)9/h1-7,14H,(H,12,13). The van der Waals surface area contributed by atoms with Crippen molar-refractivity contribution in [1.29, 1.82) is 0 Å². The summed E-state index contributed by atoms with van der Waals surface area (Å²) in [6.07, 6.45) is 0.598. The second-order valence-electron chi connectivity index (χ2n) is 2.94. The third-order valence-electron chi connectivity index (χ3n) is 2.10. The first kappa shape index (κ1) is 8.56. The average molecular weight is 187 g/mol. The SMILES string of the molecule is O=CNc1cccc2cccc(O)c12. The molecule has 0 fully saturated rings. The summed E-state index contributed by atoms with van der Waals surface area (Å²) < 4.78 is 0. The maximum Gasteiger partial charge on any atom is 0.211 e. The number of benzene rings is 2. The van der Waals surface area contributed by atoms with E-state index in [2.05, 4.69) is 5.32 Å². The van der Waals surface area contributed by atoms with Gasteiger partial charge in [0.2, 0.25) is 6.41 Å². The van der Waals surface area contributed by atoms with Gasteiger partial charge in [0.25, 0.3) is 0 Å². The summed E-state index contributed by atoms with van der Waals surface area (Å²) in [5.74, 6) is 0.174. The van der Waals surface area contributed by atoms with Gasteiger partial charge < -0.3 is 10.4 Å². The minimum Gasteiger partial charge on any atom is -0.507 e. The number of phenolic OH excluding ortho intramolecular Hbond substituents is 1. The number of phenols is 1. The van der Waals surface area contributed by atoms with Crippen molar-refractivity contribution < 1.29 is 9.90 Å². The predicted octanol–water partition coefficient (Wildman–Crippen LogP) is 2.11. The first-order valence-electron chi connectivity index (χ1n) is 4.24. The van der Waals surface area contributed by atoms with E-state index in [-0.39, 0.29) is 5.75 Å². The van der Waals surface area contributed by atoms with Crippen molar-refractivity contribution >= 4 is 22.9 Å². The van der Waals surface area contributed by atoms with Crippen LogP contribution in [0.4, 0.5) is 5.69 Å². The van der Waals surface area contributed by atoms with E-state index < -0.39 is 0 Å². The van der Waals surface area contributed by atoms with Gasteiger partial charge in [-0.3, -0.25) is 4.79 Å². The molecule has 2 aromatic rings. The van der Waals surface area contributed by atoms with Gasteiger partial charge in [-0.2, -0.15) is 0 Å². The van der Waals surface area contributed by atoms with Crippen molar-refractivity contribution in [3.8, 4) is 5.75 Å². The first-order chi connectivity index (χ1) is 6.83. The van der Waals surface area contributed by atoms with Gasteiger partial charge in [0.05, 0.1) is 5.69 Å². The number of amides is 1. The van der Waals surface area contributed by atoms with E-state index in [9.17, 15) is 9.90 Å². The van der Waals surface area contributed by atoms with E-state index in [1.807, 2.05) is 18.2 Å². The molecule has 3 nitrogen and oxygen atoms in total. The smallest absolute Gasteiger partial charge is 0.211 e. The van der Waals surface area contributed by atoms with Crippen LogP contribution >= 0.6 is 0 Å². The molecule has 3 heteroatoms. The lowest BCUT2D eigenvalue weighted by molar-refractivity contribution is -0.105. The molecule has 0 bridgehead atoms. The van der Waals surface area contributed by atoms with Gasteiger partial charge in [-0.25, -0.2) is 0 Å². The van der Waals surface area contributed by atoms with Crippen LogP contribution in [0.1, 0.15) is 0 Å². The maximum absolute atomic E-state index is 10.3. The Morgan fingerprint density at radius 2 is 1.86 bits per heavy atom. The van der Waals surface area contributed by atoms with Crippen molar-refractivity contribution in [1.82, 2.24) is 0 Å². The number of hydrogen-bond donors (Lipinski definition) is 2. The van der Waals surface area contributed by atoms with E-state index in [0.29, 0.717) is 17.5 Å². The molecule has 0 aliphatic heterocycles. The molecule has 14 heavy (non-hydrogen) atoms. The van der Waals surface area contributed by atoms with Crippen molar-refractivity contribution in [3.05, 3.63) is 36.4 Å². The van der Waals surface area contributed by atoms with Gasteiger partial charge in [-0.05, 0) is 17.5 Å². The number of aromatic hydroxyl groups is 1. The van der Waals surface area contributed by atoms with Gasteiger partial charge in [0.15, 0.2) is 0 Å². The van der Waals surface area contributed by atoms with Crippen LogP contribution in [0, 0.1) is 0 Å². The van der Waals surface area contributed by atoms with E-state index in [4.69, 9.17) is 0 Å². The van der Waals surface area contributed by atoms with Gasteiger partial charge in [-0.1, -0.05) is 24.3 Å². The van der Waals surface area contributed by atoms with E-state index in [0.717, 1.165) is 5.39 Å². The molecule has 2 N–H and O–H groups in total. The van der Waals surface area contributed by atoms with Crippen LogP contribution in [0.3, 0.4) is 0 Å². The Kier molecular flexibility index (Phi) is 2.07. The summed E-state index contributed by atoms with van der Waals surface area (Å²) in [5.41, 5.74) is 0.621. The van der Waals surface area contributed by atoms with Crippen molar-refractivity contribution in [2.75, 3.05) is 5.32 Å². The topological polar surface area (TPSA) is 49.3 Å². The molecular formula is C11H9NO2. The third-order valence-corrected chi connectivity index (χ3v) is 2.10. The molecule has 0 aliphatic rings. The summed E-state index contributed by atoms with van der Waals surface area (Å²) >= 11 is 0. The fraction of sp³-hybridized carbons (Fsp3) is 0. The highest BCUT2D eigenvalue weighted by Gasteiger charge is 2.03. The molecular weight excluding hydrogens is 178 g/mol. The second-order valence-corrected chi connectivity index (χ2v) is 2.94. The van der Waals surface area contributed by atoms with E-state index in [1.54, 1.807) is 18.2 Å². The van der Waals surface area contributed by atoms with Crippen LogP contribution in [0.15, 0.2) is 36.4 Å². The minimum atomic E-state index is 0.174. The number of rotatable bonds is 2. The highest BCUT2D eigenvalue weighted by molar-refractivity contribution is 6.01. The van der Waals surface area contributed by atoms with Crippen LogP contribution in [-0.2, 0) is 4.79 Å². The Labute approximate surface area is 81.0 Å². The summed E-state index contributed by atoms with van der Waals surface area (Å²) in [6, 6.07) is 10.7. The molecule has 70 valence electrons. The molecule has 2 rings (SSSR count). The number of carbonyl (C=O) groups excluding carboxylic acids is 1. The number of nitrogens with one attached hydrogen (secondary N) is 1. The molecule has 1 amide bonds. The summed E-state index contributed by atoms with van der Waals surface area (Å²) in [6.45, 7) is 0. The van der Waals surface area contributed by atoms with Gasteiger partial charge >= 0.3 is 0 Å². The molecule has 0 heterocycles. The monoisotopic (exact) mass is 187 g/mol. The second kappa shape index (κ2) is 3.38.